The van der Waals surface area contributed by atoms with Gasteiger partial charge in [0.2, 0.25) is 0 Å². The van der Waals surface area contributed by atoms with Crippen LogP contribution in [0.2, 0.25) is 0 Å². The van der Waals surface area contributed by atoms with E-state index in [0.29, 0.717) is 6.54 Å². The molecule has 8 heteroatoms. The molecule has 3 aromatic rings. The lowest BCUT2D eigenvalue weighted by Crippen LogP contribution is -2.46. The minimum absolute atomic E-state index is 0.0867. The maximum Gasteiger partial charge on any atom is 0.407 e. The molecule has 0 saturated carbocycles. The van der Waals surface area contributed by atoms with E-state index in [-0.39, 0.29) is 17.7 Å². The van der Waals surface area contributed by atoms with E-state index in [0.717, 1.165) is 54.1 Å². The first-order valence-corrected chi connectivity index (χ1v) is 12.5. The molecule has 0 unspecified atom stereocenters. The van der Waals surface area contributed by atoms with Crippen molar-refractivity contribution >= 4 is 23.4 Å². The quantitative estimate of drug-likeness (QED) is 0.389. The summed E-state index contributed by atoms with van der Waals surface area (Å²) in [6.45, 7) is 7.70. The predicted molar refractivity (Wildman–Crippen MR) is 145 cm³/mol. The van der Waals surface area contributed by atoms with Crippen molar-refractivity contribution in [2.24, 2.45) is 0 Å². The number of pyridine rings is 1. The molecule has 0 radical (unpaired) electrons. The van der Waals surface area contributed by atoms with Crippen LogP contribution >= 0.6 is 0 Å². The molecule has 0 atom stereocenters. The average Bonchev–Trinajstić information content (AvgIpc) is 2.87. The number of piperidine rings is 1. The number of nitrogens with zero attached hydrogens (tertiary/aromatic N) is 2. The van der Waals surface area contributed by atoms with Crippen molar-refractivity contribution in [2.75, 3.05) is 23.3 Å². The van der Waals surface area contributed by atoms with Crippen LogP contribution < -0.4 is 15.5 Å². The molecule has 1 amide bonds. The molecule has 1 aliphatic rings. The van der Waals surface area contributed by atoms with Gasteiger partial charge in [-0.2, -0.15) is 0 Å². The Bertz CT molecular complexity index is 1210. The fourth-order valence-corrected chi connectivity index (χ4v) is 4.34. The van der Waals surface area contributed by atoms with Gasteiger partial charge >= 0.3 is 12.1 Å². The standard InChI is InChI=1S/C29H34N4O4/c1-29(2,3)37-28(36)32-23-13-15-33(16-14-23)24-17-25(20-7-5-4-6-8-20)26(31-18-24)19-30-22-11-9-21(10-12-22)27(34)35/h4-12,17-18,23,30H,13-16,19H2,1-3H3,(H,32,36)(H,34,35). The predicted octanol–water partition coefficient (Wildman–Crippen LogP) is 5.55. The number of hydrogen-bond donors (Lipinski definition) is 3. The number of hydrogen-bond acceptors (Lipinski definition) is 6. The maximum absolute atomic E-state index is 12.1. The van der Waals surface area contributed by atoms with E-state index in [1.807, 2.05) is 45.2 Å². The van der Waals surface area contributed by atoms with Gasteiger partial charge in [0.05, 0.1) is 29.7 Å². The van der Waals surface area contributed by atoms with Gasteiger partial charge in [0.1, 0.15) is 5.60 Å². The summed E-state index contributed by atoms with van der Waals surface area (Å²) < 4.78 is 5.40. The number of carbonyl (C=O) groups is 2. The topological polar surface area (TPSA) is 104 Å². The number of aromatic nitrogens is 1. The fraction of sp³-hybridized carbons (Fsp3) is 0.345. The number of aromatic carboxylic acids is 1. The van der Waals surface area contributed by atoms with E-state index in [4.69, 9.17) is 14.8 Å². The Morgan fingerprint density at radius 1 is 1.05 bits per heavy atom. The highest BCUT2D eigenvalue weighted by Crippen LogP contribution is 2.29. The number of nitrogens with one attached hydrogen (secondary N) is 2. The Morgan fingerprint density at radius 3 is 2.35 bits per heavy atom. The van der Waals surface area contributed by atoms with Crippen LogP contribution in [0.5, 0.6) is 0 Å². The van der Waals surface area contributed by atoms with Gasteiger partial charge in [-0.25, -0.2) is 9.59 Å². The highest BCUT2D eigenvalue weighted by atomic mass is 16.6. The molecular formula is C29H34N4O4. The van der Waals surface area contributed by atoms with Crippen molar-refractivity contribution in [2.45, 2.75) is 51.8 Å². The van der Waals surface area contributed by atoms with Gasteiger partial charge in [0, 0.05) is 30.4 Å². The SMILES string of the molecule is CC(C)(C)OC(=O)NC1CCN(c2cnc(CNc3ccc(C(=O)O)cc3)c(-c3ccccc3)c2)CC1. The second kappa shape index (κ2) is 11.3. The number of carbonyl (C=O) groups excluding carboxylic acids is 1. The molecule has 1 saturated heterocycles. The minimum atomic E-state index is -0.945. The summed E-state index contributed by atoms with van der Waals surface area (Å²) in [5, 5.41) is 15.5. The smallest absolute Gasteiger partial charge is 0.407 e. The summed E-state index contributed by atoms with van der Waals surface area (Å²) in [6, 6.07) is 19.1. The number of amides is 1. The molecular weight excluding hydrogens is 468 g/mol. The van der Waals surface area contributed by atoms with Crippen LogP contribution in [0, 0.1) is 0 Å². The Kier molecular flexibility index (Phi) is 7.96. The molecule has 1 fully saturated rings. The van der Waals surface area contributed by atoms with Crippen LogP contribution in [0.15, 0.2) is 66.9 Å². The number of rotatable bonds is 7. The van der Waals surface area contributed by atoms with Crippen LogP contribution in [0.4, 0.5) is 16.2 Å². The molecule has 0 bridgehead atoms. The van der Waals surface area contributed by atoms with Crippen molar-refractivity contribution in [3.63, 3.8) is 0 Å². The zero-order valence-corrected chi connectivity index (χ0v) is 21.5. The van der Waals surface area contributed by atoms with E-state index in [9.17, 15) is 9.59 Å². The van der Waals surface area contributed by atoms with Crippen molar-refractivity contribution in [1.29, 1.82) is 0 Å². The molecule has 0 aliphatic carbocycles. The molecule has 0 spiro atoms. The van der Waals surface area contributed by atoms with Gasteiger partial charge in [-0.1, -0.05) is 30.3 Å². The first-order chi connectivity index (χ1) is 17.7. The van der Waals surface area contributed by atoms with Gasteiger partial charge < -0.3 is 25.4 Å². The molecule has 37 heavy (non-hydrogen) atoms. The first-order valence-electron chi connectivity index (χ1n) is 12.5. The number of carboxylic acids is 1. The van der Waals surface area contributed by atoms with E-state index >= 15 is 0 Å². The Hall–Kier alpha value is -4.07. The first kappa shape index (κ1) is 26.0. The summed E-state index contributed by atoms with van der Waals surface area (Å²) >= 11 is 0. The summed E-state index contributed by atoms with van der Waals surface area (Å²) in [5.74, 6) is -0.945. The van der Waals surface area contributed by atoms with Gasteiger partial charge in [0.15, 0.2) is 0 Å². The van der Waals surface area contributed by atoms with Crippen LogP contribution in [0.25, 0.3) is 11.1 Å². The zero-order chi connectivity index (χ0) is 26.4. The summed E-state index contributed by atoms with van der Waals surface area (Å²) in [6.07, 6.45) is 3.19. The zero-order valence-electron chi connectivity index (χ0n) is 21.5. The van der Waals surface area contributed by atoms with Crippen LogP contribution in [0.3, 0.4) is 0 Å². The van der Waals surface area contributed by atoms with Gasteiger partial charge in [-0.05, 0) is 69.5 Å². The normalized spacial score (nSPS) is 14.2. The van der Waals surface area contributed by atoms with Crippen LogP contribution in [0.1, 0.15) is 49.7 Å². The second-order valence-electron chi connectivity index (χ2n) is 10.2. The molecule has 2 aromatic carbocycles. The Morgan fingerprint density at radius 2 is 1.73 bits per heavy atom. The molecule has 3 N–H and O–H groups in total. The van der Waals surface area contributed by atoms with Crippen molar-refractivity contribution in [1.82, 2.24) is 10.3 Å². The average molecular weight is 503 g/mol. The van der Waals surface area contributed by atoms with E-state index in [1.165, 1.54) is 0 Å². The van der Waals surface area contributed by atoms with Crippen LogP contribution in [-0.2, 0) is 11.3 Å². The number of ether oxygens (including phenoxy) is 1. The highest BCUT2D eigenvalue weighted by molar-refractivity contribution is 5.88. The Balaban J connectivity index is 1.45. The number of benzene rings is 2. The fourth-order valence-electron chi connectivity index (χ4n) is 4.34. The third-order valence-electron chi connectivity index (χ3n) is 6.21. The number of carboxylic acid groups (broad SMARTS) is 1. The minimum Gasteiger partial charge on any atom is -0.478 e. The third-order valence-corrected chi connectivity index (χ3v) is 6.21. The van der Waals surface area contributed by atoms with Crippen molar-refractivity contribution in [3.05, 3.63) is 78.1 Å². The van der Waals surface area contributed by atoms with E-state index < -0.39 is 11.6 Å². The lowest BCUT2D eigenvalue weighted by molar-refractivity contribution is 0.0496. The molecule has 2 heterocycles. The monoisotopic (exact) mass is 502 g/mol. The van der Waals surface area contributed by atoms with Crippen LogP contribution in [-0.4, -0.2) is 46.9 Å². The molecule has 194 valence electrons. The van der Waals surface area contributed by atoms with Gasteiger partial charge in [-0.15, -0.1) is 0 Å². The summed E-state index contributed by atoms with van der Waals surface area (Å²) in [7, 11) is 0. The number of alkyl carbamates (subject to hydrolysis) is 1. The molecule has 8 nitrogen and oxygen atoms in total. The van der Waals surface area contributed by atoms with Crippen molar-refractivity contribution < 1.29 is 19.4 Å². The molecule has 1 aliphatic heterocycles. The lowest BCUT2D eigenvalue weighted by Gasteiger charge is -2.34. The Labute approximate surface area is 217 Å². The lowest BCUT2D eigenvalue weighted by atomic mass is 10.0. The highest BCUT2D eigenvalue weighted by Gasteiger charge is 2.24. The van der Waals surface area contributed by atoms with E-state index in [1.54, 1.807) is 24.3 Å². The summed E-state index contributed by atoms with van der Waals surface area (Å²) in [4.78, 5) is 30.4. The maximum atomic E-state index is 12.1. The second-order valence-corrected chi connectivity index (χ2v) is 10.2. The van der Waals surface area contributed by atoms with Gasteiger partial charge in [-0.3, -0.25) is 4.98 Å². The third kappa shape index (κ3) is 7.22. The number of anilines is 2. The van der Waals surface area contributed by atoms with E-state index in [2.05, 4.69) is 33.7 Å². The summed E-state index contributed by atoms with van der Waals surface area (Å²) in [5.41, 5.74) is 4.64. The molecule has 1 aromatic heterocycles. The largest absolute Gasteiger partial charge is 0.478 e. The van der Waals surface area contributed by atoms with Gasteiger partial charge in [0.25, 0.3) is 0 Å². The molecule has 4 rings (SSSR count). The van der Waals surface area contributed by atoms with Crippen molar-refractivity contribution in [3.8, 4) is 11.1 Å².